The fraction of sp³-hybridized carbons (Fsp3) is 0.208. The summed E-state index contributed by atoms with van der Waals surface area (Å²) in [7, 11) is 1.78. The molecule has 1 aliphatic heterocycles. The third-order valence-electron chi connectivity index (χ3n) is 5.12. The second-order valence-electron chi connectivity index (χ2n) is 7.47. The number of anilines is 1. The summed E-state index contributed by atoms with van der Waals surface area (Å²) >= 11 is 1.42. The summed E-state index contributed by atoms with van der Waals surface area (Å²) in [4.78, 5) is 37.5. The van der Waals surface area contributed by atoms with Crippen molar-refractivity contribution in [1.82, 2.24) is 14.9 Å². The molecule has 166 valence electrons. The molecule has 0 unspecified atom stereocenters. The first-order valence-corrected chi connectivity index (χ1v) is 11.1. The largest absolute Gasteiger partial charge is 0.472 e. The van der Waals surface area contributed by atoms with Gasteiger partial charge in [-0.15, -0.1) is 0 Å². The van der Waals surface area contributed by atoms with Gasteiger partial charge in [0.25, 0.3) is 0 Å². The Kier molecular flexibility index (Phi) is 6.86. The van der Waals surface area contributed by atoms with E-state index in [1.165, 1.54) is 11.8 Å². The van der Waals surface area contributed by atoms with Crippen molar-refractivity contribution >= 4 is 29.9 Å². The van der Waals surface area contributed by atoms with Crippen LogP contribution < -0.4 is 9.64 Å². The number of carbonyl (C=O) groups is 2. The van der Waals surface area contributed by atoms with Gasteiger partial charge >= 0.3 is 0 Å². The minimum Gasteiger partial charge on any atom is -0.472 e. The van der Waals surface area contributed by atoms with Crippen LogP contribution in [0.15, 0.2) is 64.5 Å². The van der Waals surface area contributed by atoms with Crippen molar-refractivity contribution in [1.29, 1.82) is 5.26 Å². The zero-order valence-electron chi connectivity index (χ0n) is 18.0. The van der Waals surface area contributed by atoms with Gasteiger partial charge in [0.15, 0.2) is 0 Å². The topological polar surface area (TPSA) is 99.4 Å². The number of aldehydes is 1. The van der Waals surface area contributed by atoms with Gasteiger partial charge in [0, 0.05) is 30.6 Å². The Morgan fingerprint density at radius 2 is 2.03 bits per heavy atom. The van der Waals surface area contributed by atoms with Crippen molar-refractivity contribution in [3.05, 3.63) is 71.4 Å². The molecule has 0 bridgehead atoms. The Labute approximate surface area is 195 Å². The number of carbonyl (C=O) groups excluding carboxylic acids is 2. The predicted octanol–water partition coefficient (Wildman–Crippen LogP) is 3.17. The number of benzene rings is 2. The quantitative estimate of drug-likeness (QED) is 0.497. The Balaban J connectivity index is 1.60. The molecule has 2 aromatic carbocycles. The van der Waals surface area contributed by atoms with Crippen LogP contribution in [0.2, 0.25) is 0 Å². The SMILES string of the molecule is CN1CCN(c2ncc(Sc3ccc(C#N)cc3)c(OCc3cccc(C=O)c3)n2)CC1=O. The fourth-order valence-electron chi connectivity index (χ4n) is 3.23. The number of likely N-dealkylation sites (N-methyl/N-ethyl adjacent to an activating group) is 1. The van der Waals surface area contributed by atoms with Gasteiger partial charge in [0.05, 0.1) is 29.3 Å². The summed E-state index contributed by atoms with van der Waals surface area (Å²) < 4.78 is 6.06. The Morgan fingerprint density at radius 1 is 1.21 bits per heavy atom. The fourth-order valence-corrected chi connectivity index (χ4v) is 4.06. The average Bonchev–Trinajstić information content (AvgIpc) is 2.85. The summed E-state index contributed by atoms with van der Waals surface area (Å²) in [6.45, 7) is 1.66. The number of nitrogens with zero attached hydrogens (tertiary/aromatic N) is 5. The molecular formula is C24H21N5O3S. The zero-order chi connectivity index (χ0) is 23.2. The number of rotatable bonds is 7. The lowest BCUT2D eigenvalue weighted by atomic mass is 10.1. The molecule has 1 saturated heterocycles. The number of hydrogen-bond acceptors (Lipinski definition) is 8. The minimum atomic E-state index is 0.00836. The van der Waals surface area contributed by atoms with Crippen LogP contribution in [-0.4, -0.2) is 53.7 Å². The van der Waals surface area contributed by atoms with Crippen LogP contribution in [0.25, 0.3) is 0 Å². The molecule has 2 heterocycles. The maximum atomic E-state index is 12.1. The molecule has 0 saturated carbocycles. The first kappa shape index (κ1) is 22.3. The molecule has 1 aromatic heterocycles. The van der Waals surface area contributed by atoms with Crippen LogP contribution in [-0.2, 0) is 11.4 Å². The van der Waals surface area contributed by atoms with Crippen molar-refractivity contribution in [2.24, 2.45) is 0 Å². The molecule has 0 atom stereocenters. The number of ether oxygens (including phenoxy) is 1. The number of amides is 1. The van der Waals surface area contributed by atoms with Crippen LogP contribution >= 0.6 is 11.8 Å². The van der Waals surface area contributed by atoms with Crippen LogP contribution in [0.4, 0.5) is 5.95 Å². The molecular weight excluding hydrogens is 438 g/mol. The van der Waals surface area contributed by atoms with Crippen LogP contribution in [0.3, 0.4) is 0 Å². The van der Waals surface area contributed by atoms with Gasteiger partial charge in [-0.1, -0.05) is 30.0 Å². The second-order valence-corrected chi connectivity index (χ2v) is 8.58. The van der Waals surface area contributed by atoms with Gasteiger partial charge in [-0.25, -0.2) is 4.98 Å². The molecule has 0 N–H and O–H groups in total. The summed E-state index contributed by atoms with van der Waals surface area (Å²) in [6.07, 6.45) is 2.48. The van der Waals surface area contributed by atoms with Crippen LogP contribution in [0.5, 0.6) is 5.88 Å². The minimum absolute atomic E-state index is 0.00836. The number of hydrogen-bond donors (Lipinski definition) is 0. The zero-order valence-corrected chi connectivity index (χ0v) is 18.8. The molecule has 33 heavy (non-hydrogen) atoms. The van der Waals surface area contributed by atoms with Crippen molar-refractivity contribution in [2.75, 3.05) is 31.6 Å². The Hall–Kier alpha value is -3.90. The highest BCUT2D eigenvalue weighted by molar-refractivity contribution is 7.99. The van der Waals surface area contributed by atoms with Crippen molar-refractivity contribution < 1.29 is 14.3 Å². The lowest BCUT2D eigenvalue weighted by molar-refractivity contribution is -0.129. The van der Waals surface area contributed by atoms with E-state index in [1.54, 1.807) is 48.5 Å². The van der Waals surface area contributed by atoms with E-state index in [9.17, 15) is 9.59 Å². The van der Waals surface area contributed by atoms with E-state index in [4.69, 9.17) is 10.00 Å². The predicted molar refractivity (Wildman–Crippen MR) is 123 cm³/mol. The van der Waals surface area contributed by atoms with Gasteiger partial charge in [0.1, 0.15) is 12.9 Å². The van der Waals surface area contributed by atoms with Gasteiger partial charge in [-0.05, 0) is 35.9 Å². The highest BCUT2D eigenvalue weighted by Gasteiger charge is 2.24. The van der Waals surface area contributed by atoms with E-state index in [2.05, 4.69) is 16.0 Å². The monoisotopic (exact) mass is 459 g/mol. The molecule has 0 spiro atoms. The number of piperazine rings is 1. The van der Waals surface area contributed by atoms with Gasteiger partial charge < -0.3 is 14.5 Å². The van der Waals surface area contributed by atoms with E-state index >= 15 is 0 Å². The van der Waals surface area contributed by atoms with E-state index in [0.29, 0.717) is 40.9 Å². The molecule has 1 aliphatic rings. The van der Waals surface area contributed by atoms with Gasteiger partial charge in [-0.3, -0.25) is 9.59 Å². The van der Waals surface area contributed by atoms with Gasteiger partial charge in [0.2, 0.25) is 17.7 Å². The first-order valence-electron chi connectivity index (χ1n) is 10.3. The molecule has 0 radical (unpaired) electrons. The Bertz CT molecular complexity index is 1210. The molecule has 0 aliphatic carbocycles. The molecule has 1 fully saturated rings. The van der Waals surface area contributed by atoms with Crippen LogP contribution in [0, 0.1) is 11.3 Å². The highest BCUT2D eigenvalue weighted by Crippen LogP contribution is 2.35. The summed E-state index contributed by atoms with van der Waals surface area (Å²) in [6, 6.07) is 16.5. The summed E-state index contributed by atoms with van der Waals surface area (Å²) in [5.41, 5.74) is 1.99. The molecule has 3 aromatic rings. The van der Waals surface area contributed by atoms with Crippen molar-refractivity contribution in [3.8, 4) is 11.9 Å². The molecule has 8 nitrogen and oxygen atoms in total. The van der Waals surface area contributed by atoms with E-state index < -0.39 is 0 Å². The lowest BCUT2D eigenvalue weighted by Crippen LogP contribution is -2.49. The number of aromatic nitrogens is 2. The molecule has 9 heteroatoms. The van der Waals surface area contributed by atoms with Gasteiger partial charge in [-0.2, -0.15) is 10.2 Å². The standard InChI is InChI=1S/C24H21N5O3S/c1-28-9-10-29(14-22(28)31)24-26-13-21(33-20-7-5-17(12-25)6-8-20)23(27-24)32-16-19-4-2-3-18(11-19)15-30/h2-8,11,13,15H,9-10,14,16H2,1H3. The van der Waals surface area contributed by atoms with E-state index in [0.717, 1.165) is 16.7 Å². The third-order valence-corrected chi connectivity index (χ3v) is 6.13. The van der Waals surface area contributed by atoms with E-state index in [1.807, 2.05) is 23.1 Å². The maximum Gasteiger partial charge on any atom is 0.242 e. The second kappa shape index (κ2) is 10.1. The first-order chi connectivity index (χ1) is 16.1. The van der Waals surface area contributed by atoms with Crippen LogP contribution in [0.1, 0.15) is 21.5 Å². The summed E-state index contributed by atoms with van der Waals surface area (Å²) in [5, 5.41) is 9.02. The van der Waals surface area contributed by atoms with Crippen molar-refractivity contribution in [3.63, 3.8) is 0 Å². The van der Waals surface area contributed by atoms with E-state index in [-0.39, 0.29) is 19.1 Å². The molecule has 4 rings (SSSR count). The lowest BCUT2D eigenvalue weighted by Gasteiger charge is -2.32. The molecule has 1 amide bonds. The summed E-state index contributed by atoms with van der Waals surface area (Å²) in [5.74, 6) is 0.823. The smallest absolute Gasteiger partial charge is 0.242 e. The third kappa shape index (κ3) is 5.48. The Morgan fingerprint density at radius 3 is 2.76 bits per heavy atom. The normalized spacial score (nSPS) is 13.5. The number of nitriles is 1. The van der Waals surface area contributed by atoms with Crippen molar-refractivity contribution in [2.45, 2.75) is 16.4 Å². The highest BCUT2D eigenvalue weighted by atomic mass is 32.2. The maximum absolute atomic E-state index is 12.1. The average molecular weight is 460 g/mol.